The predicted octanol–water partition coefficient (Wildman–Crippen LogP) is 0.106. The van der Waals surface area contributed by atoms with Crippen LogP contribution in [0.1, 0.15) is 16.9 Å². The standard InChI is InChI=1S/C10H14N4O3/c1-12-6-8(14(16)17)4-9(12)10(15)13-3-2-7(11)5-13/h4,6-7H,2-3,5,11H2,1H3/t7-/m1/s1. The first-order chi connectivity index (χ1) is 7.99. The first kappa shape index (κ1) is 11.6. The molecule has 2 rings (SSSR count). The smallest absolute Gasteiger partial charge is 0.287 e. The number of hydrogen-bond donors (Lipinski definition) is 1. The second-order valence-corrected chi connectivity index (χ2v) is 4.25. The van der Waals surface area contributed by atoms with E-state index in [1.165, 1.54) is 16.8 Å². The maximum atomic E-state index is 12.1. The molecule has 1 aliphatic heterocycles. The van der Waals surface area contributed by atoms with Crippen LogP contribution in [-0.2, 0) is 7.05 Å². The van der Waals surface area contributed by atoms with Crippen molar-refractivity contribution in [3.63, 3.8) is 0 Å². The lowest BCUT2D eigenvalue weighted by Gasteiger charge is -2.15. The molecule has 0 aliphatic carbocycles. The van der Waals surface area contributed by atoms with E-state index in [2.05, 4.69) is 0 Å². The molecule has 2 N–H and O–H groups in total. The first-order valence-corrected chi connectivity index (χ1v) is 5.34. The topological polar surface area (TPSA) is 94.4 Å². The molecule has 1 fully saturated rings. The molecule has 1 aromatic heterocycles. The zero-order chi connectivity index (χ0) is 12.6. The molecule has 1 atom stereocenters. The number of nitrogens with zero attached hydrogens (tertiary/aromatic N) is 3. The summed E-state index contributed by atoms with van der Waals surface area (Å²) >= 11 is 0. The van der Waals surface area contributed by atoms with Crippen molar-refractivity contribution < 1.29 is 9.72 Å². The zero-order valence-corrected chi connectivity index (χ0v) is 9.50. The monoisotopic (exact) mass is 238 g/mol. The molecule has 2 heterocycles. The van der Waals surface area contributed by atoms with Gasteiger partial charge in [-0.15, -0.1) is 0 Å². The zero-order valence-electron chi connectivity index (χ0n) is 9.50. The number of nitro groups is 1. The fourth-order valence-electron chi connectivity index (χ4n) is 1.99. The molecule has 1 aromatic rings. The second kappa shape index (κ2) is 4.17. The van der Waals surface area contributed by atoms with Gasteiger partial charge in [0.2, 0.25) is 0 Å². The Hall–Kier alpha value is -1.89. The molecular weight excluding hydrogens is 224 g/mol. The third-order valence-electron chi connectivity index (χ3n) is 2.93. The quantitative estimate of drug-likeness (QED) is 0.584. The Balaban J connectivity index is 2.22. The van der Waals surface area contributed by atoms with E-state index in [0.717, 1.165) is 6.42 Å². The van der Waals surface area contributed by atoms with Crippen molar-refractivity contribution in [1.82, 2.24) is 9.47 Å². The molecule has 1 saturated heterocycles. The number of nitrogens with two attached hydrogens (primary N) is 1. The molecule has 92 valence electrons. The number of hydrogen-bond acceptors (Lipinski definition) is 4. The van der Waals surface area contributed by atoms with E-state index >= 15 is 0 Å². The highest BCUT2D eigenvalue weighted by Gasteiger charge is 2.27. The van der Waals surface area contributed by atoms with E-state index in [1.807, 2.05) is 0 Å². The molecule has 0 aromatic carbocycles. The van der Waals surface area contributed by atoms with Crippen LogP contribution in [0.2, 0.25) is 0 Å². The highest BCUT2D eigenvalue weighted by molar-refractivity contribution is 5.93. The molecular formula is C10H14N4O3. The lowest BCUT2D eigenvalue weighted by molar-refractivity contribution is -0.384. The van der Waals surface area contributed by atoms with Gasteiger partial charge in [-0.2, -0.15) is 0 Å². The maximum absolute atomic E-state index is 12.1. The second-order valence-electron chi connectivity index (χ2n) is 4.25. The lowest BCUT2D eigenvalue weighted by atomic mass is 10.3. The van der Waals surface area contributed by atoms with E-state index in [1.54, 1.807) is 11.9 Å². The van der Waals surface area contributed by atoms with Gasteiger partial charge < -0.3 is 15.2 Å². The Morgan fingerprint density at radius 1 is 1.65 bits per heavy atom. The van der Waals surface area contributed by atoms with Crippen molar-refractivity contribution in [2.45, 2.75) is 12.5 Å². The van der Waals surface area contributed by atoms with Crippen LogP contribution in [0, 0.1) is 10.1 Å². The van der Waals surface area contributed by atoms with Crippen molar-refractivity contribution in [3.05, 3.63) is 28.1 Å². The minimum Gasteiger partial charge on any atom is -0.340 e. The number of likely N-dealkylation sites (tertiary alicyclic amines) is 1. The van der Waals surface area contributed by atoms with Gasteiger partial charge in [-0.25, -0.2) is 0 Å². The number of amides is 1. The number of carbonyl (C=O) groups excluding carboxylic acids is 1. The van der Waals surface area contributed by atoms with E-state index in [4.69, 9.17) is 5.73 Å². The Bertz CT molecular complexity index is 468. The summed E-state index contributed by atoms with van der Waals surface area (Å²) in [4.78, 5) is 23.8. The van der Waals surface area contributed by atoms with Crippen LogP contribution in [0.25, 0.3) is 0 Å². The summed E-state index contributed by atoms with van der Waals surface area (Å²) in [7, 11) is 1.62. The van der Waals surface area contributed by atoms with Gasteiger partial charge in [-0.3, -0.25) is 14.9 Å². The van der Waals surface area contributed by atoms with Crippen LogP contribution < -0.4 is 5.73 Å². The summed E-state index contributed by atoms with van der Waals surface area (Å²) in [5, 5.41) is 10.6. The van der Waals surface area contributed by atoms with Gasteiger partial charge in [0.1, 0.15) is 5.69 Å². The number of rotatable bonds is 2. The SMILES string of the molecule is Cn1cc([N+](=O)[O-])cc1C(=O)N1CC[C@@H](N)C1. The van der Waals surface area contributed by atoms with Crippen LogP contribution in [0.4, 0.5) is 5.69 Å². The summed E-state index contributed by atoms with van der Waals surface area (Å²) in [5.74, 6) is -0.200. The number of aromatic nitrogens is 1. The summed E-state index contributed by atoms with van der Waals surface area (Å²) in [6, 6.07) is 1.31. The lowest BCUT2D eigenvalue weighted by Crippen LogP contribution is -2.32. The van der Waals surface area contributed by atoms with Crippen molar-refractivity contribution in [2.75, 3.05) is 13.1 Å². The molecule has 0 spiro atoms. The molecule has 1 amide bonds. The van der Waals surface area contributed by atoms with Gasteiger partial charge >= 0.3 is 0 Å². The van der Waals surface area contributed by atoms with E-state index < -0.39 is 4.92 Å². The number of aryl methyl sites for hydroxylation is 1. The minimum absolute atomic E-state index is 0.00852. The third-order valence-corrected chi connectivity index (χ3v) is 2.93. The Morgan fingerprint density at radius 2 is 2.35 bits per heavy atom. The third kappa shape index (κ3) is 2.14. The van der Waals surface area contributed by atoms with Crippen molar-refractivity contribution in [1.29, 1.82) is 0 Å². The van der Waals surface area contributed by atoms with Gasteiger partial charge in [-0.05, 0) is 6.42 Å². The molecule has 7 heteroatoms. The molecule has 0 unspecified atom stereocenters. The molecule has 17 heavy (non-hydrogen) atoms. The molecule has 1 aliphatic rings. The van der Waals surface area contributed by atoms with Gasteiger partial charge in [-0.1, -0.05) is 0 Å². The van der Waals surface area contributed by atoms with E-state index in [9.17, 15) is 14.9 Å². The van der Waals surface area contributed by atoms with E-state index in [-0.39, 0.29) is 17.6 Å². The van der Waals surface area contributed by atoms with Crippen LogP contribution in [0.15, 0.2) is 12.3 Å². The van der Waals surface area contributed by atoms with Crippen molar-refractivity contribution in [3.8, 4) is 0 Å². The van der Waals surface area contributed by atoms with Gasteiger partial charge in [0.05, 0.1) is 11.1 Å². The summed E-state index contributed by atoms with van der Waals surface area (Å²) in [5.41, 5.74) is 5.98. The van der Waals surface area contributed by atoms with Crippen LogP contribution in [0.3, 0.4) is 0 Å². The fraction of sp³-hybridized carbons (Fsp3) is 0.500. The number of carbonyl (C=O) groups is 1. The van der Waals surface area contributed by atoms with Crippen molar-refractivity contribution >= 4 is 11.6 Å². The molecule has 7 nitrogen and oxygen atoms in total. The Morgan fingerprint density at radius 3 is 2.82 bits per heavy atom. The average Bonchev–Trinajstić information content (AvgIpc) is 2.84. The summed E-state index contributed by atoms with van der Waals surface area (Å²) in [6.45, 7) is 1.12. The molecule has 0 bridgehead atoms. The summed E-state index contributed by atoms with van der Waals surface area (Å²) in [6.07, 6.45) is 2.11. The largest absolute Gasteiger partial charge is 0.340 e. The molecule has 0 saturated carbocycles. The Kier molecular flexibility index (Phi) is 2.84. The molecule has 0 radical (unpaired) electrons. The van der Waals surface area contributed by atoms with Crippen LogP contribution in [0.5, 0.6) is 0 Å². The highest BCUT2D eigenvalue weighted by atomic mass is 16.6. The Labute approximate surface area is 97.9 Å². The highest BCUT2D eigenvalue weighted by Crippen LogP contribution is 2.18. The van der Waals surface area contributed by atoms with Gasteiger partial charge in [0.25, 0.3) is 11.6 Å². The first-order valence-electron chi connectivity index (χ1n) is 5.34. The normalized spacial score (nSPS) is 19.6. The van der Waals surface area contributed by atoms with Gasteiger partial charge in [0.15, 0.2) is 0 Å². The van der Waals surface area contributed by atoms with Crippen LogP contribution in [-0.4, -0.2) is 39.4 Å². The van der Waals surface area contributed by atoms with Crippen molar-refractivity contribution in [2.24, 2.45) is 12.8 Å². The minimum atomic E-state index is -0.507. The van der Waals surface area contributed by atoms with E-state index in [0.29, 0.717) is 18.8 Å². The summed E-state index contributed by atoms with van der Waals surface area (Å²) < 4.78 is 1.48. The maximum Gasteiger partial charge on any atom is 0.287 e. The van der Waals surface area contributed by atoms with Gasteiger partial charge in [0, 0.05) is 32.2 Å². The average molecular weight is 238 g/mol. The predicted molar refractivity (Wildman–Crippen MR) is 60.6 cm³/mol. The van der Waals surface area contributed by atoms with Crippen LogP contribution >= 0.6 is 0 Å². The fourth-order valence-corrected chi connectivity index (χ4v) is 1.99.